The topological polar surface area (TPSA) is 79.8 Å². The molecule has 0 radical (unpaired) electrons. The molecule has 0 atom stereocenters. The van der Waals surface area contributed by atoms with E-state index in [0.717, 1.165) is 5.56 Å². The van der Waals surface area contributed by atoms with Crippen LogP contribution in [0.25, 0.3) is 0 Å². The second-order valence-corrected chi connectivity index (χ2v) is 6.05. The number of nitrogens with zero attached hydrogens (tertiary/aromatic N) is 1. The van der Waals surface area contributed by atoms with Gasteiger partial charge in [-0.25, -0.2) is 5.43 Å². The van der Waals surface area contributed by atoms with Crippen molar-refractivity contribution >= 4 is 40.7 Å². The quantitative estimate of drug-likeness (QED) is 0.560. The van der Waals surface area contributed by atoms with E-state index in [2.05, 4.69) is 15.8 Å². The van der Waals surface area contributed by atoms with Crippen molar-refractivity contribution in [2.75, 3.05) is 13.2 Å². The average molecular weight is 394 g/mol. The van der Waals surface area contributed by atoms with E-state index >= 15 is 0 Å². The molecule has 2 rings (SSSR count). The molecule has 2 N–H and O–H groups in total. The molecular formula is C18H17Cl2N3O3. The third-order valence-corrected chi connectivity index (χ3v) is 3.98. The Morgan fingerprint density at radius 1 is 1.04 bits per heavy atom. The normalized spacial score (nSPS) is 11.0. The Morgan fingerprint density at radius 2 is 1.77 bits per heavy atom. The molecule has 8 heteroatoms. The van der Waals surface area contributed by atoms with Crippen molar-refractivity contribution in [2.45, 2.75) is 6.92 Å². The fraction of sp³-hybridized carbons (Fsp3) is 0.167. The first kappa shape index (κ1) is 19.8. The first-order valence-electron chi connectivity index (χ1n) is 7.69. The van der Waals surface area contributed by atoms with Gasteiger partial charge in [-0.15, -0.1) is 0 Å². The van der Waals surface area contributed by atoms with Crippen molar-refractivity contribution in [1.82, 2.24) is 10.7 Å². The molecule has 0 saturated carbocycles. The van der Waals surface area contributed by atoms with Gasteiger partial charge in [0.25, 0.3) is 11.8 Å². The highest BCUT2D eigenvalue weighted by Gasteiger charge is 2.07. The van der Waals surface area contributed by atoms with Gasteiger partial charge in [0.05, 0.1) is 22.3 Å². The molecule has 26 heavy (non-hydrogen) atoms. The standard InChI is InChI=1S/C18H17Cl2N3O3/c1-12(13-7-8-15(19)16(20)9-13)22-23-17(24)10-21-18(25)11-26-14-5-3-2-4-6-14/h2-9H,10-11H2,1H3,(H,21,25)(H,23,24)/b22-12-. The van der Waals surface area contributed by atoms with E-state index in [1.165, 1.54) is 0 Å². The summed E-state index contributed by atoms with van der Waals surface area (Å²) in [4.78, 5) is 23.4. The van der Waals surface area contributed by atoms with Crippen molar-refractivity contribution < 1.29 is 14.3 Å². The van der Waals surface area contributed by atoms with E-state index in [0.29, 0.717) is 21.5 Å². The SMILES string of the molecule is C/C(=N/NC(=O)CNC(=O)COc1ccccc1)c1ccc(Cl)c(Cl)c1. The van der Waals surface area contributed by atoms with Gasteiger partial charge in [0.15, 0.2) is 6.61 Å². The number of hydrogen-bond acceptors (Lipinski definition) is 4. The van der Waals surface area contributed by atoms with Crippen molar-refractivity contribution in [1.29, 1.82) is 0 Å². The van der Waals surface area contributed by atoms with E-state index in [1.807, 2.05) is 6.07 Å². The molecule has 2 amide bonds. The minimum atomic E-state index is -0.461. The van der Waals surface area contributed by atoms with Gasteiger partial charge in [-0.1, -0.05) is 47.5 Å². The van der Waals surface area contributed by atoms with Gasteiger partial charge >= 0.3 is 0 Å². The average Bonchev–Trinajstić information content (AvgIpc) is 2.65. The van der Waals surface area contributed by atoms with Gasteiger partial charge in [-0.2, -0.15) is 5.10 Å². The molecule has 0 aliphatic heterocycles. The van der Waals surface area contributed by atoms with Crippen molar-refractivity contribution in [3.63, 3.8) is 0 Å². The van der Waals surface area contributed by atoms with Gasteiger partial charge in [0, 0.05) is 0 Å². The molecule has 0 aliphatic rings. The maximum Gasteiger partial charge on any atom is 0.259 e. The van der Waals surface area contributed by atoms with Crippen LogP contribution >= 0.6 is 23.2 Å². The van der Waals surface area contributed by atoms with Gasteiger partial charge in [-0.3, -0.25) is 9.59 Å². The zero-order valence-electron chi connectivity index (χ0n) is 14.0. The summed E-state index contributed by atoms with van der Waals surface area (Å²) in [5.74, 6) is -0.291. The highest BCUT2D eigenvalue weighted by atomic mass is 35.5. The fourth-order valence-electron chi connectivity index (χ4n) is 1.87. The van der Waals surface area contributed by atoms with Crippen LogP contribution in [0.1, 0.15) is 12.5 Å². The molecule has 6 nitrogen and oxygen atoms in total. The number of para-hydroxylation sites is 1. The van der Waals surface area contributed by atoms with Crippen molar-refractivity contribution in [3.05, 3.63) is 64.1 Å². The maximum absolute atomic E-state index is 11.8. The summed E-state index contributed by atoms with van der Waals surface area (Å²) in [5, 5.41) is 7.25. The van der Waals surface area contributed by atoms with Crippen molar-refractivity contribution in [2.24, 2.45) is 5.10 Å². The number of carbonyl (C=O) groups excluding carboxylic acids is 2. The van der Waals surface area contributed by atoms with Crippen LogP contribution in [-0.2, 0) is 9.59 Å². The molecule has 0 bridgehead atoms. The van der Waals surface area contributed by atoms with Crippen LogP contribution in [0, 0.1) is 0 Å². The van der Waals surface area contributed by atoms with Crippen LogP contribution in [-0.4, -0.2) is 30.7 Å². The zero-order valence-corrected chi connectivity index (χ0v) is 15.5. The summed E-state index contributed by atoms with van der Waals surface area (Å²) < 4.78 is 5.28. The van der Waals surface area contributed by atoms with Crippen LogP contribution in [0.5, 0.6) is 5.75 Å². The largest absolute Gasteiger partial charge is 0.484 e. The highest BCUT2D eigenvalue weighted by molar-refractivity contribution is 6.42. The third kappa shape index (κ3) is 6.38. The van der Waals surface area contributed by atoms with Crippen LogP contribution in [0.3, 0.4) is 0 Å². The number of hydrazone groups is 1. The Morgan fingerprint density at radius 3 is 2.46 bits per heavy atom. The molecule has 0 fully saturated rings. The third-order valence-electron chi connectivity index (χ3n) is 3.24. The number of benzene rings is 2. The Balaban J connectivity index is 1.75. The van der Waals surface area contributed by atoms with Gasteiger partial charge in [0.2, 0.25) is 0 Å². The maximum atomic E-state index is 11.8. The van der Waals surface area contributed by atoms with Gasteiger partial charge < -0.3 is 10.1 Å². The Hall–Kier alpha value is -2.57. The Kier molecular flexibility index (Phi) is 7.44. The lowest BCUT2D eigenvalue weighted by molar-refractivity contribution is -0.127. The highest BCUT2D eigenvalue weighted by Crippen LogP contribution is 2.22. The van der Waals surface area contributed by atoms with E-state index in [1.54, 1.807) is 49.4 Å². The first-order valence-corrected chi connectivity index (χ1v) is 8.44. The van der Waals surface area contributed by atoms with E-state index in [4.69, 9.17) is 27.9 Å². The van der Waals surface area contributed by atoms with Crippen LogP contribution in [0.2, 0.25) is 10.0 Å². The van der Waals surface area contributed by atoms with Crippen LogP contribution in [0.15, 0.2) is 53.6 Å². The lowest BCUT2D eigenvalue weighted by atomic mass is 10.1. The second kappa shape index (κ2) is 9.79. The van der Waals surface area contributed by atoms with Crippen molar-refractivity contribution in [3.8, 4) is 5.75 Å². The number of hydrogen-bond donors (Lipinski definition) is 2. The molecule has 0 aromatic heterocycles. The first-order chi connectivity index (χ1) is 12.5. The van der Waals surface area contributed by atoms with Crippen LogP contribution < -0.4 is 15.5 Å². The molecule has 0 heterocycles. The van der Waals surface area contributed by atoms with E-state index in [-0.39, 0.29) is 13.2 Å². The number of ether oxygens (including phenoxy) is 1. The predicted octanol–water partition coefficient (Wildman–Crippen LogP) is 3.03. The van der Waals surface area contributed by atoms with Crippen LogP contribution in [0.4, 0.5) is 0 Å². The second-order valence-electron chi connectivity index (χ2n) is 5.24. The van der Waals surface area contributed by atoms with Gasteiger partial charge in [0.1, 0.15) is 5.75 Å². The molecule has 2 aromatic carbocycles. The smallest absolute Gasteiger partial charge is 0.259 e. The molecule has 0 aliphatic carbocycles. The van der Waals surface area contributed by atoms with E-state index in [9.17, 15) is 9.59 Å². The Bertz CT molecular complexity index is 811. The minimum absolute atomic E-state index is 0.178. The summed E-state index contributed by atoms with van der Waals surface area (Å²) in [6.07, 6.45) is 0. The fourth-order valence-corrected chi connectivity index (χ4v) is 2.17. The molecule has 136 valence electrons. The number of carbonyl (C=O) groups is 2. The summed E-state index contributed by atoms with van der Waals surface area (Å²) in [6.45, 7) is 1.32. The monoisotopic (exact) mass is 393 g/mol. The minimum Gasteiger partial charge on any atom is -0.484 e. The molecule has 0 saturated heterocycles. The Labute approximate surface area is 161 Å². The summed E-state index contributed by atoms with van der Waals surface area (Å²) in [5.41, 5.74) is 3.64. The zero-order chi connectivity index (χ0) is 18.9. The molecule has 0 unspecified atom stereocenters. The number of nitrogens with one attached hydrogen (secondary N) is 2. The predicted molar refractivity (Wildman–Crippen MR) is 102 cm³/mol. The summed E-state index contributed by atoms with van der Waals surface area (Å²) in [6, 6.07) is 14.0. The molecular weight excluding hydrogens is 377 g/mol. The van der Waals surface area contributed by atoms with E-state index < -0.39 is 11.8 Å². The van der Waals surface area contributed by atoms with Gasteiger partial charge in [-0.05, 0) is 36.8 Å². The number of amides is 2. The molecule has 2 aromatic rings. The summed E-state index contributed by atoms with van der Waals surface area (Å²) in [7, 11) is 0. The lowest BCUT2D eigenvalue weighted by Gasteiger charge is -2.07. The lowest BCUT2D eigenvalue weighted by Crippen LogP contribution is -2.37. The summed E-state index contributed by atoms with van der Waals surface area (Å²) >= 11 is 11.8. The number of rotatable bonds is 7. The molecule has 0 spiro atoms. The number of halogens is 2.